The number of hydrogen-bond donors (Lipinski definition) is 6. The summed E-state index contributed by atoms with van der Waals surface area (Å²) in [5.41, 5.74) is 2.60. The molecule has 0 bridgehead atoms. The smallest absolute Gasteiger partial charge is 0.290 e. The monoisotopic (exact) mass is 569 g/mol. The minimum atomic E-state index is -1.25. The lowest BCUT2D eigenvalue weighted by Gasteiger charge is -2.30. The number of aliphatic imine (C=N–C) groups is 1. The highest BCUT2D eigenvalue weighted by Crippen LogP contribution is 2.23. The lowest BCUT2D eigenvalue weighted by atomic mass is 10.0. The predicted octanol–water partition coefficient (Wildman–Crippen LogP) is 3.16. The number of nitrogens with one attached hydrogen (secondary N) is 6. The summed E-state index contributed by atoms with van der Waals surface area (Å²) in [5.74, 6) is -1.33. The van der Waals surface area contributed by atoms with Crippen molar-refractivity contribution in [3.63, 3.8) is 0 Å². The van der Waals surface area contributed by atoms with Crippen LogP contribution < -0.4 is 16.0 Å². The lowest BCUT2D eigenvalue weighted by molar-refractivity contribution is -0.117. The number of ether oxygens (including phenoxy) is 2. The topological polar surface area (TPSA) is 172 Å². The number of halogens is 1. The molecule has 1 atom stereocenters. The highest BCUT2D eigenvalue weighted by molar-refractivity contribution is 6.21. The molecule has 3 heterocycles. The normalized spacial score (nSPS) is 16.7. The maximum absolute atomic E-state index is 13.3. The Morgan fingerprint density at radius 2 is 1.79 bits per heavy atom. The fourth-order valence-electron chi connectivity index (χ4n) is 4.30. The zero-order valence-electron chi connectivity index (χ0n) is 22.4. The molecule has 1 amide bonds. The van der Waals surface area contributed by atoms with Crippen LogP contribution in [0, 0.1) is 22.0 Å². The first-order chi connectivity index (χ1) is 20.4. The van der Waals surface area contributed by atoms with E-state index in [9.17, 15) is 9.18 Å². The van der Waals surface area contributed by atoms with E-state index in [2.05, 4.69) is 25.9 Å². The summed E-state index contributed by atoms with van der Waals surface area (Å²) < 4.78 is 24.1. The molecule has 1 aromatic heterocycles. The van der Waals surface area contributed by atoms with Crippen LogP contribution in [0.5, 0.6) is 0 Å². The van der Waals surface area contributed by atoms with Gasteiger partial charge in [0.05, 0.1) is 36.4 Å². The number of rotatable bonds is 6. The minimum absolute atomic E-state index is 0.000717. The number of benzodiazepines with no additional fused rings is 1. The Bertz CT molecular complexity index is 1550. The van der Waals surface area contributed by atoms with E-state index in [4.69, 9.17) is 25.7 Å². The van der Waals surface area contributed by atoms with Crippen LogP contribution >= 0.6 is 0 Å². The maximum Gasteiger partial charge on any atom is 0.290 e. The molecule has 6 N–H and O–H groups in total. The Kier molecular flexibility index (Phi) is 8.58. The van der Waals surface area contributed by atoms with E-state index in [0.29, 0.717) is 43.3 Å². The molecule has 13 heteroatoms. The molecule has 42 heavy (non-hydrogen) atoms. The third kappa shape index (κ3) is 6.64. The van der Waals surface area contributed by atoms with Crippen molar-refractivity contribution in [1.82, 2.24) is 15.2 Å². The number of hydrogen-bond acceptors (Lipinski definition) is 9. The van der Waals surface area contributed by atoms with Gasteiger partial charge in [0.25, 0.3) is 11.9 Å². The third-order valence-electron chi connectivity index (χ3n) is 6.38. The van der Waals surface area contributed by atoms with Crippen LogP contribution in [-0.4, -0.2) is 71.7 Å². The van der Waals surface area contributed by atoms with Crippen molar-refractivity contribution < 1.29 is 18.7 Å². The van der Waals surface area contributed by atoms with Crippen LogP contribution in [-0.2, 0) is 14.3 Å². The number of para-hydroxylation sites is 1. The molecule has 2 aliphatic heterocycles. The van der Waals surface area contributed by atoms with Gasteiger partial charge in [0.1, 0.15) is 17.5 Å². The fourth-order valence-corrected chi connectivity index (χ4v) is 4.30. The minimum Gasteiger partial charge on any atom is -0.407 e. The van der Waals surface area contributed by atoms with Crippen molar-refractivity contribution in [2.45, 2.75) is 6.17 Å². The SMILES string of the molecule is N=C(NC1N=C(c2ccccc2)c2ccccc2NC1=O)OC(=N)/C(=C/Nc1ccc(F)cn1)C(=N)N1CCOCC1. The van der Waals surface area contributed by atoms with E-state index < -0.39 is 29.8 Å². The molecule has 0 radical (unpaired) electrons. The molecule has 0 saturated carbocycles. The second-order valence-electron chi connectivity index (χ2n) is 9.20. The number of amides is 1. The summed E-state index contributed by atoms with van der Waals surface area (Å²) in [6.07, 6.45) is 1.11. The van der Waals surface area contributed by atoms with E-state index in [-0.39, 0.29) is 17.2 Å². The fraction of sp³-hybridized carbons (Fsp3) is 0.172. The number of morpholine rings is 1. The summed E-state index contributed by atoms with van der Waals surface area (Å²) in [6.45, 7) is 1.67. The maximum atomic E-state index is 13.3. The zero-order valence-corrected chi connectivity index (χ0v) is 22.4. The zero-order chi connectivity index (χ0) is 29.5. The van der Waals surface area contributed by atoms with Crippen molar-refractivity contribution in [3.05, 3.63) is 102 Å². The number of benzene rings is 2. The third-order valence-corrected chi connectivity index (χ3v) is 6.38. The average molecular weight is 570 g/mol. The van der Waals surface area contributed by atoms with Crippen LogP contribution in [0.1, 0.15) is 11.1 Å². The van der Waals surface area contributed by atoms with Gasteiger partial charge in [0.2, 0.25) is 12.1 Å². The van der Waals surface area contributed by atoms with Gasteiger partial charge in [-0.3, -0.25) is 21.0 Å². The van der Waals surface area contributed by atoms with Crippen LogP contribution in [0.15, 0.2) is 89.7 Å². The molecule has 12 nitrogen and oxygen atoms in total. The van der Waals surface area contributed by atoms with Gasteiger partial charge < -0.3 is 30.3 Å². The molecule has 2 aliphatic rings. The van der Waals surface area contributed by atoms with E-state index in [1.165, 1.54) is 18.3 Å². The number of carbonyl (C=O) groups excluding carboxylic acids is 1. The Hall–Kier alpha value is -5.43. The number of pyridine rings is 1. The molecule has 214 valence electrons. The number of carbonyl (C=O) groups is 1. The largest absolute Gasteiger partial charge is 0.407 e. The number of nitrogens with zero attached hydrogens (tertiary/aromatic N) is 3. The predicted molar refractivity (Wildman–Crippen MR) is 157 cm³/mol. The summed E-state index contributed by atoms with van der Waals surface area (Å²) in [4.78, 5) is 23.4. The Morgan fingerprint density at radius 3 is 2.52 bits per heavy atom. The standard InChI is InChI=1S/C29H28FN9O3/c30-19-10-11-23(34-16-19)35-17-21(25(31)39-12-14-41-15-13-39)26(32)42-29(33)38-27-28(40)36-22-9-5-4-8-20(22)24(37-27)18-6-2-1-3-7-18/h1-11,16-17,27,31-32H,12-15H2,(H2,33,38)(H,34,35)(H,36,40)/b21-17+,31-25?,32-26?. The summed E-state index contributed by atoms with van der Waals surface area (Å²) in [5, 5.41) is 34.0. The molecular formula is C29H28FN9O3. The quantitative estimate of drug-likeness (QED) is 0.195. The molecular weight excluding hydrogens is 541 g/mol. The van der Waals surface area contributed by atoms with Gasteiger partial charge >= 0.3 is 0 Å². The first-order valence-corrected chi connectivity index (χ1v) is 13.0. The second kappa shape index (κ2) is 12.8. The van der Waals surface area contributed by atoms with Crippen molar-refractivity contribution in [3.8, 4) is 0 Å². The lowest BCUT2D eigenvalue weighted by Crippen LogP contribution is -2.45. The number of amidine groups is 2. The van der Waals surface area contributed by atoms with Crippen molar-refractivity contribution >= 4 is 40.9 Å². The molecule has 0 aliphatic carbocycles. The molecule has 5 rings (SSSR count). The highest BCUT2D eigenvalue weighted by Gasteiger charge is 2.28. The number of aromatic nitrogens is 1. The van der Waals surface area contributed by atoms with Crippen molar-refractivity contribution in [1.29, 1.82) is 16.2 Å². The summed E-state index contributed by atoms with van der Waals surface area (Å²) >= 11 is 0. The first-order valence-electron chi connectivity index (χ1n) is 13.0. The van der Waals surface area contributed by atoms with Gasteiger partial charge in [0.15, 0.2) is 0 Å². The van der Waals surface area contributed by atoms with Gasteiger partial charge in [0, 0.05) is 30.4 Å². The van der Waals surface area contributed by atoms with E-state index in [0.717, 1.165) is 11.8 Å². The first kappa shape index (κ1) is 28.1. The average Bonchev–Trinajstić information content (AvgIpc) is 3.14. The van der Waals surface area contributed by atoms with Gasteiger partial charge in [-0.1, -0.05) is 48.5 Å². The van der Waals surface area contributed by atoms with Gasteiger partial charge in [-0.2, -0.15) is 0 Å². The number of anilines is 2. The van der Waals surface area contributed by atoms with Gasteiger partial charge in [-0.25, -0.2) is 14.4 Å². The molecule has 1 saturated heterocycles. The van der Waals surface area contributed by atoms with Crippen LogP contribution in [0.4, 0.5) is 15.9 Å². The van der Waals surface area contributed by atoms with Crippen LogP contribution in [0.2, 0.25) is 0 Å². The Balaban J connectivity index is 1.36. The summed E-state index contributed by atoms with van der Waals surface area (Å²) in [6, 6.07) is 18.6. The molecule has 3 aromatic rings. The highest BCUT2D eigenvalue weighted by atomic mass is 19.1. The number of fused-ring (bicyclic) bond motifs is 1. The second-order valence-corrected chi connectivity index (χ2v) is 9.20. The van der Waals surface area contributed by atoms with Gasteiger partial charge in [-0.05, 0) is 18.2 Å². The van der Waals surface area contributed by atoms with E-state index in [1.807, 2.05) is 42.5 Å². The summed E-state index contributed by atoms with van der Waals surface area (Å²) in [7, 11) is 0. The van der Waals surface area contributed by atoms with Gasteiger partial charge in [-0.15, -0.1) is 0 Å². The van der Waals surface area contributed by atoms with E-state index in [1.54, 1.807) is 17.0 Å². The Labute approximate surface area is 240 Å². The van der Waals surface area contributed by atoms with Crippen LogP contribution in [0.3, 0.4) is 0 Å². The molecule has 1 unspecified atom stereocenters. The van der Waals surface area contributed by atoms with Crippen molar-refractivity contribution in [2.75, 3.05) is 36.9 Å². The Morgan fingerprint density at radius 1 is 1.05 bits per heavy atom. The van der Waals surface area contributed by atoms with Crippen molar-refractivity contribution in [2.24, 2.45) is 4.99 Å². The molecule has 1 fully saturated rings. The molecule has 2 aromatic carbocycles. The van der Waals surface area contributed by atoms with E-state index >= 15 is 0 Å². The van der Waals surface area contributed by atoms with Crippen LogP contribution in [0.25, 0.3) is 0 Å². The molecule has 0 spiro atoms.